The lowest BCUT2D eigenvalue weighted by molar-refractivity contribution is -0.113. The molecule has 0 radical (unpaired) electrons. The number of carbonyl (C=O) groups excluding carboxylic acids is 1. The SMILES string of the molecule is CCOc1ccccc1NC(=O)C1=C(C)Nc2ncnn2[C@@H]1c1ccc(Br)cc1. The lowest BCUT2D eigenvalue weighted by atomic mass is 9.95. The van der Waals surface area contributed by atoms with Crippen LogP contribution in [0.4, 0.5) is 11.6 Å². The van der Waals surface area contributed by atoms with Crippen molar-refractivity contribution in [3.63, 3.8) is 0 Å². The normalized spacial score (nSPS) is 15.5. The Hall–Kier alpha value is -3.13. The van der Waals surface area contributed by atoms with Gasteiger partial charge in [-0.15, -0.1) is 0 Å². The fraction of sp³-hybridized carbons (Fsp3) is 0.190. The van der Waals surface area contributed by atoms with Crippen LogP contribution in [0.1, 0.15) is 25.5 Å². The molecule has 0 saturated carbocycles. The number of para-hydroxylation sites is 2. The van der Waals surface area contributed by atoms with Crippen molar-refractivity contribution >= 4 is 33.5 Å². The van der Waals surface area contributed by atoms with E-state index < -0.39 is 6.04 Å². The lowest BCUT2D eigenvalue weighted by Crippen LogP contribution is -2.31. The highest BCUT2D eigenvalue weighted by Crippen LogP contribution is 2.36. The van der Waals surface area contributed by atoms with E-state index in [2.05, 4.69) is 36.6 Å². The van der Waals surface area contributed by atoms with Crippen LogP contribution < -0.4 is 15.4 Å². The molecule has 8 heteroatoms. The molecule has 2 N–H and O–H groups in total. The number of nitrogens with zero attached hydrogens (tertiary/aromatic N) is 3. The molecule has 0 bridgehead atoms. The third-order valence-corrected chi connectivity index (χ3v) is 5.19. The van der Waals surface area contributed by atoms with Gasteiger partial charge in [-0.3, -0.25) is 4.79 Å². The first-order valence-electron chi connectivity index (χ1n) is 9.24. The minimum atomic E-state index is -0.402. The molecule has 0 saturated heterocycles. The Bertz CT molecular complexity index is 1070. The van der Waals surface area contributed by atoms with E-state index in [1.54, 1.807) is 4.68 Å². The Labute approximate surface area is 176 Å². The van der Waals surface area contributed by atoms with Crippen molar-refractivity contribution in [3.8, 4) is 5.75 Å². The van der Waals surface area contributed by atoms with Crippen molar-refractivity contribution in [2.75, 3.05) is 17.2 Å². The summed E-state index contributed by atoms with van der Waals surface area (Å²) in [6.07, 6.45) is 1.48. The standard InChI is InChI=1S/C21H20BrN5O2/c1-3-29-17-7-5-4-6-16(17)26-20(28)18-13(2)25-21-23-12-24-27(21)19(18)14-8-10-15(22)11-9-14/h4-12,19H,3H2,1-2H3,(H,26,28)(H,23,24,25)/t19-/m1/s1. The van der Waals surface area contributed by atoms with Crippen LogP contribution >= 0.6 is 15.9 Å². The second kappa shape index (κ2) is 8.08. The summed E-state index contributed by atoms with van der Waals surface area (Å²) in [6.45, 7) is 4.29. The zero-order chi connectivity index (χ0) is 20.4. The molecule has 0 fully saturated rings. The van der Waals surface area contributed by atoms with E-state index in [1.165, 1.54) is 6.33 Å². The zero-order valence-corrected chi connectivity index (χ0v) is 17.6. The van der Waals surface area contributed by atoms with Crippen LogP contribution in [0.5, 0.6) is 5.75 Å². The zero-order valence-electron chi connectivity index (χ0n) is 16.0. The summed E-state index contributed by atoms with van der Waals surface area (Å²) < 4.78 is 8.33. The van der Waals surface area contributed by atoms with Gasteiger partial charge in [0.05, 0.1) is 17.9 Å². The summed E-state index contributed by atoms with van der Waals surface area (Å²) >= 11 is 3.46. The molecule has 29 heavy (non-hydrogen) atoms. The fourth-order valence-electron chi connectivity index (χ4n) is 3.38. The number of aromatic nitrogens is 3. The molecule has 1 atom stereocenters. The molecule has 1 amide bonds. The van der Waals surface area contributed by atoms with Crippen molar-refractivity contribution in [2.45, 2.75) is 19.9 Å². The molecule has 3 aromatic rings. The highest BCUT2D eigenvalue weighted by molar-refractivity contribution is 9.10. The molecule has 2 heterocycles. The predicted octanol–water partition coefficient (Wildman–Crippen LogP) is 4.37. The quantitative estimate of drug-likeness (QED) is 0.599. The summed E-state index contributed by atoms with van der Waals surface area (Å²) in [4.78, 5) is 17.6. The van der Waals surface area contributed by atoms with Crippen LogP contribution in [0.3, 0.4) is 0 Å². The fourth-order valence-corrected chi connectivity index (χ4v) is 3.64. The summed E-state index contributed by atoms with van der Waals surface area (Å²) in [5.41, 5.74) is 2.85. The average Bonchev–Trinajstić information content (AvgIpc) is 3.17. The molecular formula is C21H20BrN5O2. The number of amides is 1. The maximum atomic E-state index is 13.4. The number of rotatable bonds is 5. The Balaban J connectivity index is 1.74. The van der Waals surface area contributed by atoms with E-state index in [-0.39, 0.29) is 5.91 Å². The third kappa shape index (κ3) is 3.75. The third-order valence-electron chi connectivity index (χ3n) is 4.66. The van der Waals surface area contributed by atoms with Crippen LogP contribution in [0.25, 0.3) is 0 Å². The summed E-state index contributed by atoms with van der Waals surface area (Å²) in [5, 5.41) is 10.5. The molecule has 2 aromatic carbocycles. The number of anilines is 2. The Morgan fingerprint density at radius 1 is 1.24 bits per heavy atom. The first-order valence-corrected chi connectivity index (χ1v) is 10.0. The van der Waals surface area contributed by atoms with E-state index in [0.29, 0.717) is 29.6 Å². The van der Waals surface area contributed by atoms with Gasteiger partial charge in [-0.2, -0.15) is 10.1 Å². The number of carbonyl (C=O) groups is 1. The maximum Gasteiger partial charge on any atom is 0.255 e. The topological polar surface area (TPSA) is 81.1 Å². The van der Waals surface area contributed by atoms with Gasteiger partial charge in [-0.25, -0.2) is 4.68 Å². The maximum absolute atomic E-state index is 13.4. The lowest BCUT2D eigenvalue weighted by Gasteiger charge is -2.29. The van der Waals surface area contributed by atoms with Crippen molar-refractivity contribution in [1.29, 1.82) is 0 Å². The number of hydrogen-bond acceptors (Lipinski definition) is 5. The average molecular weight is 454 g/mol. The number of allylic oxidation sites excluding steroid dienone is 1. The highest BCUT2D eigenvalue weighted by atomic mass is 79.9. The molecule has 1 aromatic heterocycles. The van der Waals surface area contributed by atoms with Gasteiger partial charge in [0.1, 0.15) is 18.1 Å². The Morgan fingerprint density at radius 2 is 2.00 bits per heavy atom. The van der Waals surface area contributed by atoms with E-state index >= 15 is 0 Å². The molecule has 0 aliphatic carbocycles. The minimum Gasteiger partial charge on any atom is -0.492 e. The van der Waals surface area contributed by atoms with Crippen LogP contribution in [0.2, 0.25) is 0 Å². The van der Waals surface area contributed by atoms with Crippen molar-refractivity contribution in [1.82, 2.24) is 14.8 Å². The van der Waals surface area contributed by atoms with Crippen molar-refractivity contribution in [3.05, 3.63) is 76.2 Å². The Kier molecular flexibility index (Phi) is 5.35. The van der Waals surface area contributed by atoms with Gasteiger partial charge in [-0.05, 0) is 43.7 Å². The van der Waals surface area contributed by atoms with Gasteiger partial charge in [0.15, 0.2) is 0 Å². The van der Waals surface area contributed by atoms with Gasteiger partial charge in [0.2, 0.25) is 5.95 Å². The van der Waals surface area contributed by atoms with Gasteiger partial charge in [0.25, 0.3) is 5.91 Å². The second-order valence-electron chi connectivity index (χ2n) is 6.53. The molecule has 7 nitrogen and oxygen atoms in total. The Morgan fingerprint density at radius 3 is 2.76 bits per heavy atom. The van der Waals surface area contributed by atoms with Gasteiger partial charge >= 0.3 is 0 Å². The molecule has 1 aliphatic heterocycles. The number of fused-ring (bicyclic) bond motifs is 1. The minimum absolute atomic E-state index is 0.226. The second-order valence-corrected chi connectivity index (χ2v) is 7.44. The number of hydrogen-bond donors (Lipinski definition) is 2. The molecule has 4 rings (SSSR count). The van der Waals surface area contributed by atoms with Crippen LogP contribution in [0, 0.1) is 0 Å². The first kappa shape index (κ1) is 19.2. The van der Waals surface area contributed by atoms with Gasteiger partial charge in [-0.1, -0.05) is 40.2 Å². The van der Waals surface area contributed by atoms with Crippen LogP contribution in [0.15, 0.2) is 70.6 Å². The highest BCUT2D eigenvalue weighted by Gasteiger charge is 2.33. The molecule has 1 aliphatic rings. The number of nitrogens with one attached hydrogen (secondary N) is 2. The monoisotopic (exact) mass is 453 g/mol. The molecule has 0 unspecified atom stereocenters. The van der Waals surface area contributed by atoms with E-state index in [0.717, 1.165) is 15.7 Å². The number of halogens is 1. The van der Waals surface area contributed by atoms with Crippen molar-refractivity contribution in [2.24, 2.45) is 0 Å². The number of ether oxygens (including phenoxy) is 1. The largest absolute Gasteiger partial charge is 0.492 e. The predicted molar refractivity (Wildman–Crippen MR) is 115 cm³/mol. The molecule has 148 valence electrons. The number of benzene rings is 2. The summed E-state index contributed by atoms with van der Waals surface area (Å²) in [7, 11) is 0. The van der Waals surface area contributed by atoms with Crippen LogP contribution in [-0.2, 0) is 4.79 Å². The smallest absolute Gasteiger partial charge is 0.255 e. The van der Waals surface area contributed by atoms with Gasteiger partial charge in [0, 0.05) is 10.2 Å². The molecular weight excluding hydrogens is 434 g/mol. The summed E-state index contributed by atoms with van der Waals surface area (Å²) in [6, 6.07) is 14.8. The molecule has 0 spiro atoms. The van der Waals surface area contributed by atoms with Gasteiger partial charge < -0.3 is 15.4 Å². The van der Waals surface area contributed by atoms with E-state index in [4.69, 9.17) is 4.74 Å². The van der Waals surface area contributed by atoms with E-state index in [9.17, 15) is 4.79 Å². The first-order chi connectivity index (χ1) is 14.1. The summed E-state index contributed by atoms with van der Waals surface area (Å²) in [5.74, 6) is 1.00. The van der Waals surface area contributed by atoms with Crippen LogP contribution in [-0.4, -0.2) is 27.3 Å². The van der Waals surface area contributed by atoms with E-state index in [1.807, 2.05) is 62.4 Å². The van der Waals surface area contributed by atoms with Crippen molar-refractivity contribution < 1.29 is 9.53 Å².